The summed E-state index contributed by atoms with van der Waals surface area (Å²) in [6.45, 7) is -0.443. The molecule has 0 unspecified atom stereocenters. The van der Waals surface area contributed by atoms with Crippen molar-refractivity contribution in [1.82, 2.24) is 5.32 Å². The average Bonchev–Trinajstić information content (AvgIpc) is 2.68. The number of sulfonamides is 1. The summed E-state index contributed by atoms with van der Waals surface area (Å²) in [5.74, 6) is -1.52. The molecule has 0 atom stereocenters. The minimum Gasteiger partial charge on any atom is -0.352 e. The molecule has 8 heteroatoms. The van der Waals surface area contributed by atoms with Gasteiger partial charge in [-0.25, -0.2) is 17.2 Å². The van der Waals surface area contributed by atoms with E-state index < -0.39 is 34.1 Å². The van der Waals surface area contributed by atoms with Gasteiger partial charge >= 0.3 is 0 Å². The van der Waals surface area contributed by atoms with Crippen LogP contribution in [0.3, 0.4) is 0 Å². The van der Waals surface area contributed by atoms with Crippen molar-refractivity contribution in [2.75, 3.05) is 10.8 Å². The van der Waals surface area contributed by atoms with Crippen LogP contribution >= 0.6 is 0 Å². The highest BCUT2D eigenvalue weighted by Gasteiger charge is 2.28. The first kappa shape index (κ1) is 20.3. The van der Waals surface area contributed by atoms with E-state index in [1.165, 1.54) is 12.1 Å². The highest BCUT2D eigenvalue weighted by molar-refractivity contribution is 7.92. The van der Waals surface area contributed by atoms with E-state index in [1.807, 2.05) is 0 Å². The van der Waals surface area contributed by atoms with Crippen LogP contribution in [0.15, 0.2) is 53.4 Å². The number of carbonyl (C=O) groups is 1. The van der Waals surface area contributed by atoms with Crippen molar-refractivity contribution in [2.45, 2.75) is 43.0 Å². The third-order valence-corrected chi connectivity index (χ3v) is 6.56. The summed E-state index contributed by atoms with van der Waals surface area (Å²) in [5.41, 5.74) is 0.157. The van der Waals surface area contributed by atoms with E-state index in [0.29, 0.717) is 0 Å². The Morgan fingerprint density at radius 3 is 2.04 bits per heavy atom. The Labute approximate surface area is 163 Å². The lowest BCUT2D eigenvalue weighted by molar-refractivity contribution is -0.120. The molecule has 28 heavy (non-hydrogen) atoms. The number of benzene rings is 2. The molecule has 0 heterocycles. The van der Waals surface area contributed by atoms with Gasteiger partial charge < -0.3 is 5.32 Å². The zero-order chi connectivity index (χ0) is 20.1. The lowest BCUT2D eigenvalue weighted by Gasteiger charge is -2.27. The van der Waals surface area contributed by atoms with Crippen LogP contribution < -0.4 is 9.62 Å². The molecule has 1 fully saturated rings. The molecule has 1 saturated carbocycles. The molecule has 0 aliphatic heterocycles. The first-order valence-electron chi connectivity index (χ1n) is 9.19. The topological polar surface area (TPSA) is 66.5 Å². The van der Waals surface area contributed by atoms with Crippen LogP contribution in [0.2, 0.25) is 0 Å². The van der Waals surface area contributed by atoms with Gasteiger partial charge in [-0.15, -0.1) is 0 Å². The van der Waals surface area contributed by atoms with Crippen molar-refractivity contribution in [3.8, 4) is 0 Å². The smallest absolute Gasteiger partial charge is 0.264 e. The second kappa shape index (κ2) is 8.68. The number of hydrogen-bond donors (Lipinski definition) is 1. The largest absolute Gasteiger partial charge is 0.352 e. The standard InChI is InChI=1S/C20H22F2N2O3S/c21-15-6-10-18(11-7-15)24(14-20(25)23-17-4-2-1-3-5-17)28(26,27)19-12-8-16(22)9-13-19/h6-13,17H,1-5,14H2,(H,23,25). The normalized spacial score (nSPS) is 15.2. The molecule has 1 amide bonds. The highest BCUT2D eigenvalue weighted by Crippen LogP contribution is 2.24. The number of carbonyl (C=O) groups excluding carboxylic acids is 1. The zero-order valence-corrected chi connectivity index (χ0v) is 16.1. The van der Waals surface area contributed by atoms with Crippen molar-refractivity contribution < 1.29 is 22.0 Å². The van der Waals surface area contributed by atoms with Crippen LogP contribution in [-0.2, 0) is 14.8 Å². The van der Waals surface area contributed by atoms with Gasteiger partial charge in [-0.05, 0) is 61.4 Å². The molecule has 0 bridgehead atoms. The van der Waals surface area contributed by atoms with Gasteiger partial charge in [-0.2, -0.15) is 0 Å². The van der Waals surface area contributed by atoms with E-state index in [0.717, 1.165) is 72.8 Å². The number of halogens is 2. The number of rotatable bonds is 6. The number of amides is 1. The van der Waals surface area contributed by atoms with Gasteiger partial charge in [0.25, 0.3) is 10.0 Å². The molecule has 0 radical (unpaired) electrons. The fourth-order valence-electron chi connectivity index (χ4n) is 3.31. The molecule has 0 spiro atoms. The number of hydrogen-bond acceptors (Lipinski definition) is 3. The van der Waals surface area contributed by atoms with Crippen molar-refractivity contribution >= 4 is 21.6 Å². The Kier molecular flexibility index (Phi) is 6.28. The first-order chi connectivity index (χ1) is 13.4. The zero-order valence-electron chi connectivity index (χ0n) is 15.3. The average molecular weight is 408 g/mol. The lowest BCUT2D eigenvalue weighted by Crippen LogP contribution is -2.44. The van der Waals surface area contributed by atoms with Crippen LogP contribution in [0.5, 0.6) is 0 Å². The molecule has 150 valence electrons. The van der Waals surface area contributed by atoms with Gasteiger partial charge in [0.2, 0.25) is 5.91 Å². The summed E-state index contributed by atoms with van der Waals surface area (Å²) in [6.07, 6.45) is 4.92. The Bertz CT molecular complexity index is 909. The SMILES string of the molecule is O=C(CN(c1ccc(F)cc1)S(=O)(=O)c1ccc(F)cc1)NC1CCCCC1. The van der Waals surface area contributed by atoms with Crippen LogP contribution in [0.1, 0.15) is 32.1 Å². The van der Waals surface area contributed by atoms with Crippen LogP contribution in [-0.4, -0.2) is 26.9 Å². The van der Waals surface area contributed by atoms with E-state index in [4.69, 9.17) is 0 Å². The van der Waals surface area contributed by atoms with E-state index in [9.17, 15) is 22.0 Å². The van der Waals surface area contributed by atoms with E-state index in [1.54, 1.807) is 0 Å². The Balaban J connectivity index is 1.87. The summed E-state index contributed by atoms with van der Waals surface area (Å²) in [4.78, 5) is 12.4. The summed E-state index contributed by atoms with van der Waals surface area (Å²) in [6, 6.07) is 9.23. The van der Waals surface area contributed by atoms with Crippen molar-refractivity contribution in [3.05, 3.63) is 60.2 Å². The van der Waals surface area contributed by atoms with Crippen LogP contribution in [0, 0.1) is 11.6 Å². The third kappa shape index (κ3) is 4.86. The second-order valence-corrected chi connectivity index (χ2v) is 8.71. The maximum absolute atomic E-state index is 13.3. The van der Waals surface area contributed by atoms with E-state index in [2.05, 4.69) is 5.32 Å². The van der Waals surface area contributed by atoms with Gasteiger partial charge in [-0.1, -0.05) is 19.3 Å². The van der Waals surface area contributed by atoms with Gasteiger partial charge in [-0.3, -0.25) is 9.10 Å². The quantitative estimate of drug-likeness (QED) is 0.794. The van der Waals surface area contributed by atoms with Crippen LogP contribution in [0.25, 0.3) is 0 Å². The fraction of sp³-hybridized carbons (Fsp3) is 0.350. The Morgan fingerprint density at radius 2 is 1.46 bits per heavy atom. The summed E-state index contributed by atoms with van der Waals surface area (Å²) >= 11 is 0. The molecule has 1 aliphatic carbocycles. The molecule has 3 rings (SSSR count). The maximum Gasteiger partial charge on any atom is 0.264 e. The number of anilines is 1. The molecule has 2 aromatic rings. The fourth-order valence-corrected chi connectivity index (χ4v) is 4.73. The highest BCUT2D eigenvalue weighted by atomic mass is 32.2. The van der Waals surface area contributed by atoms with E-state index >= 15 is 0 Å². The molecule has 5 nitrogen and oxygen atoms in total. The number of nitrogens with zero attached hydrogens (tertiary/aromatic N) is 1. The molecule has 0 saturated heterocycles. The Hall–Kier alpha value is -2.48. The predicted octanol–water partition coefficient (Wildman–Crippen LogP) is 3.61. The summed E-state index contributed by atoms with van der Waals surface area (Å²) in [7, 11) is -4.14. The van der Waals surface area contributed by atoms with Gasteiger partial charge in [0, 0.05) is 6.04 Å². The van der Waals surface area contributed by atoms with Gasteiger partial charge in [0.05, 0.1) is 10.6 Å². The lowest BCUT2D eigenvalue weighted by atomic mass is 9.95. The minimum absolute atomic E-state index is 0.0323. The number of nitrogens with one attached hydrogen (secondary N) is 1. The molecular weight excluding hydrogens is 386 g/mol. The molecular formula is C20H22F2N2O3S. The Morgan fingerprint density at radius 1 is 0.929 bits per heavy atom. The van der Waals surface area contributed by atoms with Crippen molar-refractivity contribution in [1.29, 1.82) is 0 Å². The first-order valence-corrected chi connectivity index (χ1v) is 10.6. The minimum atomic E-state index is -4.14. The van der Waals surface area contributed by atoms with Gasteiger partial charge in [0.1, 0.15) is 18.2 Å². The second-order valence-electron chi connectivity index (χ2n) is 6.84. The molecule has 1 aliphatic rings. The monoisotopic (exact) mass is 408 g/mol. The third-order valence-electron chi connectivity index (χ3n) is 4.77. The van der Waals surface area contributed by atoms with Crippen molar-refractivity contribution in [3.63, 3.8) is 0 Å². The molecule has 1 N–H and O–H groups in total. The van der Waals surface area contributed by atoms with E-state index in [-0.39, 0.29) is 16.6 Å². The molecule has 0 aromatic heterocycles. The summed E-state index contributed by atoms with van der Waals surface area (Å²) < 4.78 is 53.6. The summed E-state index contributed by atoms with van der Waals surface area (Å²) in [5, 5.41) is 2.88. The van der Waals surface area contributed by atoms with Crippen molar-refractivity contribution in [2.24, 2.45) is 0 Å². The van der Waals surface area contributed by atoms with Gasteiger partial charge in [0.15, 0.2) is 0 Å². The maximum atomic E-state index is 13.3. The predicted molar refractivity (Wildman–Crippen MR) is 102 cm³/mol. The van der Waals surface area contributed by atoms with Crippen LogP contribution in [0.4, 0.5) is 14.5 Å². The molecule has 2 aromatic carbocycles.